The highest BCUT2D eigenvalue weighted by atomic mass is 16.5. The first-order chi connectivity index (χ1) is 12.4. The van der Waals surface area contributed by atoms with Crippen molar-refractivity contribution < 1.29 is 4.52 Å². The molecule has 1 aromatic heterocycles. The van der Waals surface area contributed by atoms with E-state index in [4.69, 9.17) is 9.52 Å². The van der Waals surface area contributed by atoms with Crippen LogP contribution in [0.3, 0.4) is 0 Å². The second-order valence-corrected chi connectivity index (χ2v) is 7.07. The van der Waals surface area contributed by atoms with Gasteiger partial charge in [-0.2, -0.15) is 0 Å². The number of hydrogen-bond donors (Lipinski definition) is 2. The normalized spacial score (nSPS) is 14.5. The van der Waals surface area contributed by atoms with Crippen LogP contribution in [0.5, 0.6) is 0 Å². The van der Waals surface area contributed by atoms with E-state index in [2.05, 4.69) is 55.3 Å². The van der Waals surface area contributed by atoms with Crippen LogP contribution >= 0.6 is 0 Å². The molecule has 2 unspecified atom stereocenters. The van der Waals surface area contributed by atoms with Crippen molar-refractivity contribution >= 4 is 5.96 Å². The zero-order valence-corrected chi connectivity index (χ0v) is 17.9. The van der Waals surface area contributed by atoms with E-state index >= 15 is 0 Å². The minimum Gasteiger partial charge on any atom is -0.361 e. The molecular formula is C20H39N5O. The summed E-state index contributed by atoms with van der Waals surface area (Å²) in [6, 6.07) is 0.401. The monoisotopic (exact) mass is 365 g/mol. The summed E-state index contributed by atoms with van der Waals surface area (Å²) in [6.07, 6.45) is 2.34. The molecule has 26 heavy (non-hydrogen) atoms. The zero-order chi connectivity index (χ0) is 19.5. The number of nitrogens with zero attached hydrogens (tertiary/aromatic N) is 3. The molecule has 2 atom stereocenters. The van der Waals surface area contributed by atoms with Crippen LogP contribution < -0.4 is 10.6 Å². The van der Waals surface area contributed by atoms with Gasteiger partial charge in [0, 0.05) is 30.6 Å². The van der Waals surface area contributed by atoms with Crippen LogP contribution in [0.1, 0.15) is 70.4 Å². The molecule has 0 saturated carbocycles. The summed E-state index contributed by atoms with van der Waals surface area (Å²) < 4.78 is 5.28. The van der Waals surface area contributed by atoms with Crippen molar-refractivity contribution in [2.24, 2.45) is 4.99 Å². The smallest absolute Gasteiger partial charge is 0.191 e. The van der Waals surface area contributed by atoms with Gasteiger partial charge in [-0.15, -0.1) is 0 Å². The Labute approximate surface area is 159 Å². The summed E-state index contributed by atoms with van der Waals surface area (Å²) in [5.41, 5.74) is 2.14. The van der Waals surface area contributed by atoms with E-state index in [0.29, 0.717) is 12.6 Å². The molecule has 0 radical (unpaired) electrons. The van der Waals surface area contributed by atoms with Gasteiger partial charge in [-0.1, -0.05) is 25.9 Å². The molecule has 150 valence electrons. The summed E-state index contributed by atoms with van der Waals surface area (Å²) in [5, 5.41) is 10.9. The fourth-order valence-electron chi connectivity index (χ4n) is 3.30. The van der Waals surface area contributed by atoms with Crippen molar-refractivity contribution in [1.29, 1.82) is 0 Å². The number of aryl methyl sites for hydroxylation is 2. The van der Waals surface area contributed by atoms with Crippen molar-refractivity contribution in [3.8, 4) is 0 Å². The summed E-state index contributed by atoms with van der Waals surface area (Å²) >= 11 is 0. The minimum absolute atomic E-state index is 0.287. The molecule has 6 heteroatoms. The lowest BCUT2D eigenvalue weighted by atomic mass is 10.00. The molecule has 0 aromatic carbocycles. The van der Waals surface area contributed by atoms with Crippen LogP contribution in [0, 0.1) is 13.8 Å². The van der Waals surface area contributed by atoms with Gasteiger partial charge in [0.2, 0.25) is 0 Å². The van der Waals surface area contributed by atoms with Crippen LogP contribution in [0.2, 0.25) is 0 Å². The average molecular weight is 366 g/mol. The third-order valence-electron chi connectivity index (χ3n) is 4.84. The van der Waals surface area contributed by atoms with E-state index in [0.717, 1.165) is 50.0 Å². The Morgan fingerprint density at radius 2 is 1.88 bits per heavy atom. The molecule has 0 aliphatic rings. The first-order valence-corrected chi connectivity index (χ1v) is 10.1. The molecule has 0 aliphatic heterocycles. The van der Waals surface area contributed by atoms with Crippen molar-refractivity contribution in [1.82, 2.24) is 20.7 Å². The minimum atomic E-state index is 0.287. The Balaban J connectivity index is 2.54. The van der Waals surface area contributed by atoms with Gasteiger partial charge in [0.15, 0.2) is 5.96 Å². The number of nitrogens with one attached hydrogen (secondary N) is 2. The molecule has 0 amide bonds. The van der Waals surface area contributed by atoms with Crippen molar-refractivity contribution in [2.45, 2.75) is 73.3 Å². The van der Waals surface area contributed by atoms with Crippen LogP contribution in [0.15, 0.2) is 9.52 Å². The summed E-state index contributed by atoms with van der Waals surface area (Å²) in [7, 11) is 0. The number of rotatable bonds is 11. The van der Waals surface area contributed by atoms with Gasteiger partial charge >= 0.3 is 0 Å². The molecule has 1 aromatic rings. The Kier molecular flexibility index (Phi) is 10.3. The van der Waals surface area contributed by atoms with Gasteiger partial charge in [-0.05, 0) is 60.2 Å². The Morgan fingerprint density at radius 1 is 1.19 bits per heavy atom. The lowest BCUT2D eigenvalue weighted by Gasteiger charge is -2.21. The lowest BCUT2D eigenvalue weighted by molar-refractivity contribution is 0.292. The highest BCUT2D eigenvalue weighted by Crippen LogP contribution is 2.23. The fourth-order valence-corrected chi connectivity index (χ4v) is 3.30. The summed E-state index contributed by atoms with van der Waals surface area (Å²) in [4.78, 5) is 7.25. The second-order valence-electron chi connectivity index (χ2n) is 7.07. The third kappa shape index (κ3) is 7.36. The van der Waals surface area contributed by atoms with Gasteiger partial charge in [0.25, 0.3) is 0 Å². The fraction of sp³-hybridized carbons (Fsp3) is 0.800. The average Bonchev–Trinajstić information content (AvgIpc) is 2.95. The zero-order valence-electron chi connectivity index (χ0n) is 17.9. The number of guanidine groups is 1. The van der Waals surface area contributed by atoms with E-state index in [1.54, 1.807) is 0 Å². The SMILES string of the molecule is CCNC(=NCC(C)c1c(C)noc1C)NC(C)CCCN(CC)CC. The maximum atomic E-state index is 5.28. The van der Waals surface area contributed by atoms with E-state index in [1.165, 1.54) is 12.0 Å². The second kappa shape index (κ2) is 11.9. The van der Waals surface area contributed by atoms with Crippen molar-refractivity contribution in [2.75, 3.05) is 32.7 Å². The maximum absolute atomic E-state index is 5.28. The van der Waals surface area contributed by atoms with E-state index in [-0.39, 0.29) is 5.92 Å². The van der Waals surface area contributed by atoms with E-state index < -0.39 is 0 Å². The lowest BCUT2D eigenvalue weighted by Crippen LogP contribution is -2.42. The van der Waals surface area contributed by atoms with Crippen LogP contribution in [-0.2, 0) is 0 Å². The van der Waals surface area contributed by atoms with E-state index in [1.807, 2.05) is 13.8 Å². The molecule has 0 fully saturated rings. The first-order valence-electron chi connectivity index (χ1n) is 10.1. The summed E-state index contributed by atoms with van der Waals surface area (Å²) in [5.74, 6) is 2.07. The van der Waals surface area contributed by atoms with Crippen LogP contribution in [-0.4, -0.2) is 54.8 Å². The quantitative estimate of drug-likeness (QED) is 0.464. The topological polar surface area (TPSA) is 65.7 Å². The number of aromatic nitrogens is 1. The van der Waals surface area contributed by atoms with Gasteiger partial charge in [-0.25, -0.2) is 0 Å². The molecule has 0 bridgehead atoms. The standard InChI is InChI=1S/C20H39N5O/c1-8-21-20(23-16(5)12-11-13-25(9-2)10-3)22-14-15(4)19-17(6)24-26-18(19)7/h15-16H,8-14H2,1-7H3,(H2,21,22,23). The molecule has 0 saturated heterocycles. The molecular weight excluding hydrogens is 326 g/mol. The summed E-state index contributed by atoms with van der Waals surface area (Å²) in [6.45, 7) is 19.9. The van der Waals surface area contributed by atoms with Gasteiger partial charge in [-0.3, -0.25) is 4.99 Å². The Bertz CT molecular complexity index is 517. The maximum Gasteiger partial charge on any atom is 0.191 e. The Morgan fingerprint density at radius 3 is 2.42 bits per heavy atom. The molecule has 0 aliphatic carbocycles. The number of hydrogen-bond acceptors (Lipinski definition) is 4. The Hall–Kier alpha value is -1.56. The number of aliphatic imine (C=N–C) groups is 1. The van der Waals surface area contributed by atoms with E-state index in [9.17, 15) is 0 Å². The third-order valence-corrected chi connectivity index (χ3v) is 4.84. The van der Waals surface area contributed by atoms with Gasteiger partial charge in [0.1, 0.15) is 5.76 Å². The largest absolute Gasteiger partial charge is 0.361 e. The molecule has 0 spiro atoms. The van der Waals surface area contributed by atoms with Crippen molar-refractivity contribution in [3.63, 3.8) is 0 Å². The highest BCUT2D eigenvalue weighted by Gasteiger charge is 2.16. The molecule has 6 nitrogen and oxygen atoms in total. The van der Waals surface area contributed by atoms with Crippen molar-refractivity contribution in [3.05, 3.63) is 17.0 Å². The predicted octanol–water partition coefficient (Wildman–Crippen LogP) is 3.46. The predicted molar refractivity (Wildman–Crippen MR) is 110 cm³/mol. The van der Waals surface area contributed by atoms with Crippen LogP contribution in [0.4, 0.5) is 0 Å². The van der Waals surface area contributed by atoms with Gasteiger partial charge in [0.05, 0.1) is 5.69 Å². The molecule has 2 N–H and O–H groups in total. The molecule has 1 heterocycles. The highest BCUT2D eigenvalue weighted by molar-refractivity contribution is 5.80. The first kappa shape index (κ1) is 22.5. The molecule has 1 rings (SSSR count). The van der Waals surface area contributed by atoms with Crippen LogP contribution in [0.25, 0.3) is 0 Å². The van der Waals surface area contributed by atoms with Gasteiger partial charge < -0.3 is 20.1 Å².